The van der Waals surface area contributed by atoms with Crippen LogP contribution in [-0.4, -0.2) is 49.5 Å². The molecule has 0 saturated carbocycles. The SMILES string of the molecule is CCOC(=O)C1=C(C)N([C@@H]2CCS(=O)(=O)C2)C(=O)N[C@H]1c1c(Cl)cccc1Cl. The number of allylic oxidation sites excluding steroid dienone is 1. The number of benzene rings is 1. The Morgan fingerprint density at radius 1 is 1.32 bits per heavy atom. The van der Waals surface area contributed by atoms with Crippen molar-refractivity contribution in [2.24, 2.45) is 0 Å². The smallest absolute Gasteiger partial charge is 0.338 e. The van der Waals surface area contributed by atoms with Gasteiger partial charge in [0.05, 0.1) is 35.8 Å². The van der Waals surface area contributed by atoms with Crippen LogP contribution in [0.4, 0.5) is 4.79 Å². The first-order valence-corrected chi connectivity index (χ1v) is 11.4. The summed E-state index contributed by atoms with van der Waals surface area (Å²) in [5.41, 5.74) is 0.909. The summed E-state index contributed by atoms with van der Waals surface area (Å²) in [7, 11) is -3.22. The molecule has 7 nitrogen and oxygen atoms in total. The van der Waals surface area contributed by atoms with Crippen LogP contribution in [0.1, 0.15) is 31.9 Å². The fraction of sp³-hybridized carbons (Fsp3) is 0.444. The van der Waals surface area contributed by atoms with Crippen molar-refractivity contribution in [1.82, 2.24) is 10.2 Å². The van der Waals surface area contributed by atoms with E-state index >= 15 is 0 Å². The second-order valence-electron chi connectivity index (χ2n) is 6.66. The Morgan fingerprint density at radius 2 is 1.96 bits per heavy atom. The predicted molar refractivity (Wildman–Crippen MR) is 106 cm³/mol. The van der Waals surface area contributed by atoms with Gasteiger partial charge in [-0.1, -0.05) is 29.3 Å². The molecular formula is C18H20Cl2N2O5S. The molecule has 0 bridgehead atoms. The minimum absolute atomic E-state index is 0.00321. The van der Waals surface area contributed by atoms with Crippen LogP contribution in [0, 0.1) is 0 Å². The lowest BCUT2D eigenvalue weighted by Gasteiger charge is -2.38. The number of hydrogen-bond donors (Lipinski definition) is 1. The van der Waals surface area contributed by atoms with E-state index in [2.05, 4.69) is 5.32 Å². The van der Waals surface area contributed by atoms with E-state index in [0.717, 1.165) is 0 Å². The molecule has 2 aliphatic heterocycles. The highest BCUT2D eigenvalue weighted by Crippen LogP contribution is 2.39. The van der Waals surface area contributed by atoms with Gasteiger partial charge in [0.25, 0.3) is 0 Å². The Balaban J connectivity index is 2.12. The molecule has 1 aromatic rings. The topological polar surface area (TPSA) is 92.8 Å². The molecule has 3 rings (SSSR count). The van der Waals surface area contributed by atoms with Crippen LogP contribution in [-0.2, 0) is 19.4 Å². The maximum Gasteiger partial charge on any atom is 0.338 e. The van der Waals surface area contributed by atoms with Crippen LogP contribution in [0.3, 0.4) is 0 Å². The Kier molecular flexibility index (Phi) is 5.93. The molecule has 28 heavy (non-hydrogen) atoms. The lowest BCUT2D eigenvalue weighted by Crippen LogP contribution is -2.52. The highest BCUT2D eigenvalue weighted by molar-refractivity contribution is 7.91. The maximum absolute atomic E-state index is 12.9. The van der Waals surface area contributed by atoms with E-state index in [4.69, 9.17) is 27.9 Å². The van der Waals surface area contributed by atoms with E-state index in [0.29, 0.717) is 27.7 Å². The van der Waals surface area contributed by atoms with E-state index in [-0.39, 0.29) is 23.7 Å². The summed E-state index contributed by atoms with van der Waals surface area (Å²) in [6, 6.07) is 2.94. The van der Waals surface area contributed by atoms with Crippen molar-refractivity contribution in [2.45, 2.75) is 32.4 Å². The third-order valence-electron chi connectivity index (χ3n) is 4.88. The molecule has 10 heteroatoms. The number of sulfone groups is 1. The number of urea groups is 1. The van der Waals surface area contributed by atoms with Gasteiger partial charge in [-0.15, -0.1) is 0 Å². The average Bonchev–Trinajstić information content (AvgIpc) is 2.94. The molecule has 1 fully saturated rings. The Bertz CT molecular complexity index is 940. The quantitative estimate of drug-likeness (QED) is 0.717. The van der Waals surface area contributed by atoms with Crippen molar-refractivity contribution in [3.05, 3.63) is 45.1 Å². The molecule has 2 aliphatic rings. The molecule has 152 valence electrons. The van der Waals surface area contributed by atoms with Gasteiger partial charge in [0.2, 0.25) is 0 Å². The summed E-state index contributed by atoms with van der Waals surface area (Å²) >= 11 is 12.6. The third-order valence-corrected chi connectivity index (χ3v) is 7.29. The van der Waals surface area contributed by atoms with Crippen LogP contribution >= 0.6 is 23.2 Å². The number of esters is 1. The summed E-state index contributed by atoms with van der Waals surface area (Å²) < 4.78 is 29.0. The van der Waals surface area contributed by atoms with Crippen LogP contribution in [0.25, 0.3) is 0 Å². The Labute approximate surface area is 173 Å². The van der Waals surface area contributed by atoms with Gasteiger partial charge in [0.15, 0.2) is 9.84 Å². The van der Waals surface area contributed by atoms with Crippen molar-refractivity contribution in [1.29, 1.82) is 0 Å². The van der Waals surface area contributed by atoms with Gasteiger partial charge in [-0.2, -0.15) is 0 Å². The van der Waals surface area contributed by atoms with Gasteiger partial charge in [0.1, 0.15) is 0 Å². The van der Waals surface area contributed by atoms with Gasteiger partial charge in [-0.3, -0.25) is 4.90 Å². The number of carbonyl (C=O) groups is 2. The van der Waals surface area contributed by atoms with Crippen molar-refractivity contribution in [3.8, 4) is 0 Å². The molecule has 2 amide bonds. The highest BCUT2D eigenvalue weighted by atomic mass is 35.5. The third kappa shape index (κ3) is 3.86. The van der Waals surface area contributed by atoms with Gasteiger partial charge in [-0.05, 0) is 32.4 Å². The van der Waals surface area contributed by atoms with Crippen LogP contribution in [0.5, 0.6) is 0 Å². The molecule has 0 aromatic heterocycles. The normalized spacial score (nSPS) is 24.3. The van der Waals surface area contributed by atoms with E-state index in [1.807, 2.05) is 0 Å². The fourth-order valence-corrected chi connectivity index (χ4v) is 5.97. The first kappa shape index (κ1) is 21.0. The molecule has 2 atom stereocenters. The van der Waals surface area contributed by atoms with E-state index < -0.39 is 33.9 Å². The van der Waals surface area contributed by atoms with Gasteiger partial charge >= 0.3 is 12.0 Å². The molecule has 2 heterocycles. The number of halogens is 2. The first-order valence-electron chi connectivity index (χ1n) is 8.78. The molecule has 0 spiro atoms. The summed E-state index contributed by atoms with van der Waals surface area (Å²) in [4.78, 5) is 27.0. The zero-order valence-electron chi connectivity index (χ0n) is 15.4. The van der Waals surface area contributed by atoms with E-state index in [1.54, 1.807) is 32.0 Å². The number of amides is 2. The molecule has 1 aromatic carbocycles. The molecule has 0 aliphatic carbocycles. The second kappa shape index (κ2) is 7.93. The lowest BCUT2D eigenvalue weighted by molar-refractivity contribution is -0.139. The number of rotatable bonds is 4. The number of nitrogens with one attached hydrogen (secondary N) is 1. The fourth-order valence-electron chi connectivity index (χ4n) is 3.65. The molecular weight excluding hydrogens is 427 g/mol. The molecule has 1 N–H and O–H groups in total. The Morgan fingerprint density at radius 3 is 2.50 bits per heavy atom. The summed E-state index contributed by atoms with van der Waals surface area (Å²) in [6.45, 7) is 3.42. The molecule has 0 radical (unpaired) electrons. The van der Waals surface area contributed by atoms with Crippen molar-refractivity contribution in [3.63, 3.8) is 0 Å². The first-order chi connectivity index (χ1) is 13.2. The van der Waals surface area contributed by atoms with E-state index in [1.165, 1.54) is 4.90 Å². The van der Waals surface area contributed by atoms with Crippen LogP contribution in [0.2, 0.25) is 10.0 Å². The molecule has 0 unspecified atom stereocenters. The zero-order valence-corrected chi connectivity index (χ0v) is 17.7. The Hall–Kier alpha value is -1.77. The van der Waals surface area contributed by atoms with E-state index in [9.17, 15) is 18.0 Å². The number of hydrogen-bond acceptors (Lipinski definition) is 5. The summed E-state index contributed by atoms with van der Waals surface area (Å²) in [5.74, 6) is -0.763. The second-order valence-corrected chi connectivity index (χ2v) is 9.71. The maximum atomic E-state index is 12.9. The monoisotopic (exact) mass is 446 g/mol. The highest BCUT2D eigenvalue weighted by Gasteiger charge is 2.43. The van der Waals surface area contributed by atoms with Crippen molar-refractivity contribution >= 4 is 45.0 Å². The number of nitrogens with zero attached hydrogens (tertiary/aromatic N) is 1. The summed E-state index contributed by atoms with van der Waals surface area (Å²) in [6.07, 6.45) is 0.306. The van der Waals surface area contributed by atoms with Crippen LogP contribution < -0.4 is 5.32 Å². The largest absolute Gasteiger partial charge is 0.463 e. The van der Waals surface area contributed by atoms with Gasteiger partial charge in [0, 0.05) is 21.3 Å². The predicted octanol–water partition coefficient (Wildman–Crippen LogP) is 3.08. The number of carbonyl (C=O) groups excluding carboxylic acids is 2. The zero-order chi connectivity index (χ0) is 20.6. The van der Waals surface area contributed by atoms with Gasteiger partial charge in [-0.25, -0.2) is 18.0 Å². The average molecular weight is 447 g/mol. The van der Waals surface area contributed by atoms with Crippen LogP contribution in [0.15, 0.2) is 29.5 Å². The van der Waals surface area contributed by atoms with Crippen molar-refractivity contribution < 1.29 is 22.7 Å². The lowest BCUT2D eigenvalue weighted by atomic mass is 9.94. The minimum atomic E-state index is -3.22. The minimum Gasteiger partial charge on any atom is -0.463 e. The standard InChI is InChI=1S/C18H20Cl2N2O5S/c1-3-27-17(23)14-10(2)22(11-7-8-28(25,26)9-11)18(24)21-16(14)15-12(19)5-4-6-13(15)20/h4-6,11,16H,3,7-9H2,1-2H3,(H,21,24)/t11-,16-/m1/s1. The molecule has 1 saturated heterocycles. The van der Waals surface area contributed by atoms with Crippen molar-refractivity contribution in [2.75, 3.05) is 18.1 Å². The van der Waals surface area contributed by atoms with Gasteiger partial charge < -0.3 is 10.1 Å². The summed E-state index contributed by atoms with van der Waals surface area (Å²) in [5, 5.41) is 3.34. The number of ether oxygens (including phenoxy) is 1.